The van der Waals surface area contributed by atoms with Crippen LogP contribution in [0.25, 0.3) is 0 Å². The van der Waals surface area contributed by atoms with Crippen molar-refractivity contribution in [2.45, 2.75) is 13.3 Å². The molecule has 1 fully saturated rings. The highest BCUT2D eigenvalue weighted by atomic mass is 16.5. The number of aryl methyl sites for hydroxylation is 1. The fraction of sp³-hybridized carbons (Fsp3) is 0.500. The minimum Gasteiger partial charge on any atom is -0.378 e. The Balaban J connectivity index is 2.20. The van der Waals surface area contributed by atoms with Gasteiger partial charge in [-0.15, -0.1) is 0 Å². The molecule has 1 aliphatic heterocycles. The quantitative estimate of drug-likeness (QED) is 0.706. The first-order valence-electron chi connectivity index (χ1n) is 5.23. The molecule has 0 aromatic heterocycles. The van der Waals surface area contributed by atoms with Crippen molar-refractivity contribution in [2.24, 2.45) is 0 Å². The zero-order valence-corrected chi connectivity index (χ0v) is 8.62. The summed E-state index contributed by atoms with van der Waals surface area (Å²) in [6.07, 6.45) is 1.07. The topological polar surface area (TPSA) is 12.5 Å². The molecule has 1 aromatic carbocycles. The molecular weight excluding hydrogens is 174 g/mol. The number of hydrogen-bond donors (Lipinski definition) is 0. The highest BCUT2D eigenvalue weighted by molar-refractivity contribution is 5.53. The number of benzene rings is 1. The summed E-state index contributed by atoms with van der Waals surface area (Å²) in [5, 5.41) is 0. The summed E-state index contributed by atoms with van der Waals surface area (Å²) in [4.78, 5) is 2.40. The Kier molecular flexibility index (Phi) is 3.04. The minimum atomic E-state index is 0.849. The highest BCUT2D eigenvalue weighted by Crippen LogP contribution is 2.21. The third-order valence-corrected chi connectivity index (χ3v) is 2.66. The zero-order chi connectivity index (χ0) is 9.80. The van der Waals surface area contributed by atoms with Gasteiger partial charge in [0.2, 0.25) is 0 Å². The molecule has 1 heterocycles. The Hall–Kier alpha value is -1.02. The SMILES string of the molecule is CCc1c[c]ccc1N1CCOCC1. The van der Waals surface area contributed by atoms with Crippen LogP contribution in [-0.4, -0.2) is 26.3 Å². The van der Waals surface area contributed by atoms with E-state index in [4.69, 9.17) is 4.74 Å². The number of rotatable bonds is 2. The minimum absolute atomic E-state index is 0.849. The molecule has 2 rings (SSSR count). The van der Waals surface area contributed by atoms with Crippen molar-refractivity contribution in [3.05, 3.63) is 29.8 Å². The van der Waals surface area contributed by atoms with E-state index in [0.29, 0.717) is 0 Å². The summed E-state index contributed by atoms with van der Waals surface area (Å²) < 4.78 is 5.35. The Morgan fingerprint density at radius 2 is 2.21 bits per heavy atom. The van der Waals surface area contributed by atoms with Gasteiger partial charge in [0.25, 0.3) is 0 Å². The monoisotopic (exact) mass is 190 g/mol. The van der Waals surface area contributed by atoms with Crippen LogP contribution in [0.3, 0.4) is 0 Å². The lowest BCUT2D eigenvalue weighted by Gasteiger charge is -2.30. The third kappa shape index (κ3) is 1.90. The van der Waals surface area contributed by atoms with Crippen LogP contribution in [0.1, 0.15) is 12.5 Å². The molecule has 1 saturated heterocycles. The lowest BCUT2D eigenvalue weighted by atomic mass is 10.1. The van der Waals surface area contributed by atoms with E-state index in [0.717, 1.165) is 32.7 Å². The van der Waals surface area contributed by atoms with Crippen molar-refractivity contribution in [3.63, 3.8) is 0 Å². The molecule has 14 heavy (non-hydrogen) atoms. The highest BCUT2D eigenvalue weighted by Gasteiger charge is 2.12. The standard InChI is InChI=1S/C12H16NO/c1-2-11-5-3-4-6-12(11)13-7-9-14-10-8-13/h4-6H,2,7-10H2,1H3. The molecule has 0 unspecified atom stereocenters. The van der Waals surface area contributed by atoms with Crippen LogP contribution in [-0.2, 0) is 11.2 Å². The van der Waals surface area contributed by atoms with Crippen molar-refractivity contribution >= 4 is 5.69 Å². The molecule has 2 nitrogen and oxygen atoms in total. The summed E-state index contributed by atoms with van der Waals surface area (Å²) in [5.41, 5.74) is 2.74. The number of anilines is 1. The molecule has 1 radical (unpaired) electrons. The van der Waals surface area contributed by atoms with Gasteiger partial charge in [-0.1, -0.05) is 13.0 Å². The van der Waals surface area contributed by atoms with Crippen molar-refractivity contribution < 1.29 is 4.74 Å². The van der Waals surface area contributed by atoms with Crippen molar-refractivity contribution in [1.29, 1.82) is 0 Å². The third-order valence-electron chi connectivity index (χ3n) is 2.66. The summed E-state index contributed by atoms with van der Waals surface area (Å²) >= 11 is 0. The summed E-state index contributed by atoms with van der Waals surface area (Å²) in [5.74, 6) is 0. The maximum atomic E-state index is 5.35. The van der Waals surface area contributed by atoms with Crippen molar-refractivity contribution in [3.8, 4) is 0 Å². The lowest BCUT2D eigenvalue weighted by Crippen LogP contribution is -2.36. The van der Waals surface area contributed by atoms with Gasteiger partial charge in [-0.05, 0) is 30.2 Å². The maximum Gasteiger partial charge on any atom is 0.0642 e. The van der Waals surface area contributed by atoms with Gasteiger partial charge < -0.3 is 9.64 Å². The molecule has 1 aromatic rings. The molecule has 0 spiro atoms. The molecule has 2 heteroatoms. The van der Waals surface area contributed by atoms with E-state index >= 15 is 0 Å². The predicted molar refractivity (Wildman–Crippen MR) is 57.7 cm³/mol. The molecule has 1 aliphatic rings. The van der Waals surface area contributed by atoms with Gasteiger partial charge in [-0.25, -0.2) is 0 Å². The second-order valence-electron chi connectivity index (χ2n) is 3.51. The van der Waals surface area contributed by atoms with Crippen LogP contribution in [0.4, 0.5) is 5.69 Å². The van der Waals surface area contributed by atoms with Gasteiger partial charge in [-0.2, -0.15) is 0 Å². The fourth-order valence-electron chi connectivity index (χ4n) is 1.85. The van der Waals surface area contributed by atoms with E-state index in [1.54, 1.807) is 0 Å². The molecule has 0 atom stereocenters. The summed E-state index contributed by atoms with van der Waals surface area (Å²) in [7, 11) is 0. The van der Waals surface area contributed by atoms with Crippen LogP contribution in [0.2, 0.25) is 0 Å². The first-order chi connectivity index (χ1) is 6.92. The van der Waals surface area contributed by atoms with Gasteiger partial charge in [0.15, 0.2) is 0 Å². The number of morpholine rings is 1. The van der Waals surface area contributed by atoms with E-state index in [1.165, 1.54) is 11.3 Å². The van der Waals surface area contributed by atoms with Crippen LogP contribution in [0.15, 0.2) is 18.2 Å². The number of ether oxygens (including phenoxy) is 1. The zero-order valence-electron chi connectivity index (χ0n) is 8.62. The molecule has 0 N–H and O–H groups in total. The number of hydrogen-bond acceptors (Lipinski definition) is 2. The van der Waals surface area contributed by atoms with Gasteiger partial charge in [0.1, 0.15) is 0 Å². The molecule has 0 bridgehead atoms. The molecule has 0 saturated carbocycles. The number of nitrogens with zero attached hydrogens (tertiary/aromatic N) is 1. The Labute approximate surface area is 85.5 Å². The molecule has 0 amide bonds. The van der Waals surface area contributed by atoms with Crippen LogP contribution >= 0.6 is 0 Å². The van der Waals surface area contributed by atoms with Crippen LogP contribution < -0.4 is 4.90 Å². The predicted octanol–water partition coefficient (Wildman–Crippen LogP) is 1.89. The largest absolute Gasteiger partial charge is 0.378 e. The first kappa shape index (κ1) is 9.53. The summed E-state index contributed by atoms with van der Waals surface area (Å²) in [6.45, 7) is 5.91. The van der Waals surface area contributed by atoms with Gasteiger partial charge in [0, 0.05) is 18.8 Å². The second-order valence-corrected chi connectivity index (χ2v) is 3.51. The van der Waals surface area contributed by atoms with E-state index in [-0.39, 0.29) is 0 Å². The average molecular weight is 190 g/mol. The van der Waals surface area contributed by atoms with Gasteiger partial charge >= 0.3 is 0 Å². The first-order valence-corrected chi connectivity index (χ1v) is 5.23. The van der Waals surface area contributed by atoms with Crippen LogP contribution in [0.5, 0.6) is 0 Å². The smallest absolute Gasteiger partial charge is 0.0642 e. The van der Waals surface area contributed by atoms with Gasteiger partial charge in [-0.3, -0.25) is 0 Å². The molecule has 0 aliphatic carbocycles. The van der Waals surface area contributed by atoms with Crippen molar-refractivity contribution in [2.75, 3.05) is 31.2 Å². The van der Waals surface area contributed by atoms with Gasteiger partial charge in [0.05, 0.1) is 13.2 Å². The van der Waals surface area contributed by atoms with Crippen molar-refractivity contribution in [1.82, 2.24) is 0 Å². The van der Waals surface area contributed by atoms with E-state index in [9.17, 15) is 0 Å². The molecular formula is C12H16NO. The van der Waals surface area contributed by atoms with E-state index in [2.05, 4.69) is 30.0 Å². The second kappa shape index (κ2) is 4.47. The normalized spacial score (nSPS) is 17.1. The Morgan fingerprint density at radius 3 is 2.93 bits per heavy atom. The average Bonchev–Trinajstić information content (AvgIpc) is 2.30. The van der Waals surface area contributed by atoms with E-state index < -0.39 is 0 Å². The molecule has 75 valence electrons. The Morgan fingerprint density at radius 1 is 1.43 bits per heavy atom. The maximum absolute atomic E-state index is 5.35. The Bertz CT molecular complexity index is 292. The summed E-state index contributed by atoms with van der Waals surface area (Å²) in [6, 6.07) is 9.37. The van der Waals surface area contributed by atoms with E-state index in [1.807, 2.05) is 6.07 Å². The van der Waals surface area contributed by atoms with Crippen LogP contribution in [0, 0.1) is 6.07 Å². The lowest BCUT2D eigenvalue weighted by molar-refractivity contribution is 0.122. The fourth-order valence-corrected chi connectivity index (χ4v) is 1.85.